The number of thioether (sulfide) groups is 1. The van der Waals surface area contributed by atoms with Gasteiger partial charge in [-0.25, -0.2) is 0 Å². The fourth-order valence-corrected chi connectivity index (χ4v) is 6.32. The first-order valence-electron chi connectivity index (χ1n) is 13.8. The number of hydrogen-bond donors (Lipinski definition) is 4. The van der Waals surface area contributed by atoms with Crippen molar-refractivity contribution >= 4 is 35.2 Å². The Kier molecular flexibility index (Phi) is 10.1. The van der Waals surface area contributed by atoms with Crippen LogP contribution in [0.3, 0.4) is 0 Å². The molecule has 1 aliphatic rings. The topological polar surface area (TPSA) is 125 Å². The standard InChI is InChI=1S/C32H38N4O4S/c1-4-24-20(2)10-8-14-25(24)30(38)35-27(16-22-11-6-5-7-12-22)29(37)32(40)36-19-41-18-28(36)31(39)34-17-23-13-9-15-26(33)21(23)3/h5-15,27-29,37H,4,16-19,33H2,1-3H3,(H,34,39)(H,35,38)/t27-,28-,29-/m0/s1. The molecule has 0 saturated carbocycles. The van der Waals surface area contributed by atoms with E-state index in [1.807, 2.05) is 81.4 Å². The number of nitrogens with one attached hydrogen (secondary N) is 2. The van der Waals surface area contributed by atoms with Crippen molar-refractivity contribution in [2.45, 2.75) is 58.3 Å². The number of aryl methyl sites for hydroxylation is 1. The Balaban J connectivity index is 1.51. The fourth-order valence-electron chi connectivity index (χ4n) is 5.15. The number of benzene rings is 3. The number of carbonyl (C=O) groups excluding carboxylic acids is 3. The minimum absolute atomic E-state index is 0.249. The summed E-state index contributed by atoms with van der Waals surface area (Å²) in [7, 11) is 0. The largest absolute Gasteiger partial charge is 0.399 e. The molecule has 1 fully saturated rings. The molecule has 3 amide bonds. The predicted molar refractivity (Wildman–Crippen MR) is 163 cm³/mol. The maximum absolute atomic E-state index is 13.7. The summed E-state index contributed by atoms with van der Waals surface area (Å²) in [6.07, 6.45) is -0.615. The zero-order valence-electron chi connectivity index (χ0n) is 23.7. The van der Waals surface area contributed by atoms with E-state index in [1.165, 1.54) is 16.7 Å². The van der Waals surface area contributed by atoms with Gasteiger partial charge in [0.1, 0.15) is 6.04 Å². The third kappa shape index (κ3) is 7.10. The Bertz CT molecular complexity index is 1400. The molecule has 9 heteroatoms. The first-order valence-corrected chi connectivity index (χ1v) is 15.0. The van der Waals surface area contributed by atoms with Gasteiger partial charge in [0.25, 0.3) is 11.8 Å². The average molecular weight is 575 g/mol. The highest BCUT2D eigenvalue weighted by molar-refractivity contribution is 7.99. The number of nitrogens with zero attached hydrogens (tertiary/aromatic N) is 1. The van der Waals surface area contributed by atoms with Gasteiger partial charge in [0.15, 0.2) is 6.10 Å². The SMILES string of the molecule is CCc1c(C)cccc1C(=O)N[C@@H](Cc1ccccc1)[C@H](O)C(=O)N1CSC[C@H]1C(=O)NCc1cccc(N)c1C. The first kappa shape index (κ1) is 30.1. The maximum atomic E-state index is 13.7. The normalized spacial score (nSPS) is 16.2. The molecule has 0 aliphatic carbocycles. The summed E-state index contributed by atoms with van der Waals surface area (Å²) >= 11 is 1.45. The highest BCUT2D eigenvalue weighted by Gasteiger charge is 2.40. The molecule has 216 valence electrons. The number of nitrogen functional groups attached to an aromatic ring is 1. The lowest BCUT2D eigenvalue weighted by Gasteiger charge is -2.30. The Labute approximate surface area is 245 Å². The average Bonchev–Trinajstić information content (AvgIpc) is 3.47. The lowest BCUT2D eigenvalue weighted by atomic mass is 9.96. The number of hydrogen-bond acceptors (Lipinski definition) is 6. The Morgan fingerprint density at radius 3 is 2.51 bits per heavy atom. The van der Waals surface area contributed by atoms with Gasteiger partial charge in [-0.15, -0.1) is 11.8 Å². The van der Waals surface area contributed by atoms with E-state index in [9.17, 15) is 19.5 Å². The van der Waals surface area contributed by atoms with Gasteiger partial charge < -0.3 is 26.4 Å². The van der Waals surface area contributed by atoms with E-state index in [0.717, 1.165) is 27.8 Å². The molecule has 0 spiro atoms. The Hall–Kier alpha value is -3.82. The van der Waals surface area contributed by atoms with Crippen LogP contribution in [0.15, 0.2) is 66.7 Å². The molecule has 4 rings (SSSR count). The molecule has 0 bridgehead atoms. The molecule has 3 aromatic rings. The Morgan fingerprint density at radius 1 is 1.05 bits per heavy atom. The number of aliphatic hydroxyl groups is 1. The van der Waals surface area contributed by atoms with Crippen molar-refractivity contribution in [3.05, 3.63) is 100 Å². The van der Waals surface area contributed by atoms with Crippen LogP contribution in [0.5, 0.6) is 0 Å². The van der Waals surface area contributed by atoms with Crippen LogP contribution in [0.4, 0.5) is 5.69 Å². The summed E-state index contributed by atoms with van der Waals surface area (Å²) in [5.41, 5.74) is 11.8. The lowest BCUT2D eigenvalue weighted by molar-refractivity contribution is -0.146. The molecule has 3 aromatic carbocycles. The molecule has 0 radical (unpaired) electrons. The zero-order chi connectivity index (χ0) is 29.5. The predicted octanol–water partition coefficient (Wildman–Crippen LogP) is 3.37. The second-order valence-corrected chi connectivity index (χ2v) is 11.3. The van der Waals surface area contributed by atoms with Crippen molar-refractivity contribution in [3.8, 4) is 0 Å². The van der Waals surface area contributed by atoms with Crippen LogP contribution in [-0.4, -0.2) is 57.5 Å². The molecule has 0 aromatic heterocycles. The van der Waals surface area contributed by atoms with Crippen molar-refractivity contribution < 1.29 is 19.5 Å². The van der Waals surface area contributed by atoms with Gasteiger partial charge in [0, 0.05) is 23.5 Å². The maximum Gasteiger partial charge on any atom is 0.254 e. The molecule has 1 aliphatic heterocycles. The number of amides is 3. The molecule has 5 N–H and O–H groups in total. The molecule has 3 atom stereocenters. The molecule has 1 saturated heterocycles. The smallest absolute Gasteiger partial charge is 0.254 e. The van der Waals surface area contributed by atoms with E-state index >= 15 is 0 Å². The second-order valence-electron chi connectivity index (χ2n) is 10.3. The van der Waals surface area contributed by atoms with Gasteiger partial charge in [-0.2, -0.15) is 0 Å². The lowest BCUT2D eigenvalue weighted by Crippen LogP contribution is -2.56. The summed E-state index contributed by atoms with van der Waals surface area (Å²) in [5.74, 6) is -0.542. The minimum atomic E-state index is -1.54. The number of aliphatic hydroxyl groups excluding tert-OH is 1. The van der Waals surface area contributed by atoms with Gasteiger partial charge in [-0.1, -0.05) is 61.5 Å². The molecule has 8 nitrogen and oxygen atoms in total. The monoisotopic (exact) mass is 574 g/mol. The molecule has 41 heavy (non-hydrogen) atoms. The summed E-state index contributed by atoms with van der Waals surface area (Å²) < 4.78 is 0. The van der Waals surface area contributed by atoms with Crippen LogP contribution in [0.25, 0.3) is 0 Å². The van der Waals surface area contributed by atoms with Crippen LogP contribution in [-0.2, 0) is 29.0 Å². The number of carbonyl (C=O) groups is 3. The van der Waals surface area contributed by atoms with E-state index in [4.69, 9.17) is 5.73 Å². The van der Waals surface area contributed by atoms with Crippen LogP contribution < -0.4 is 16.4 Å². The van der Waals surface area contributed by atoms with Crippen LogP contribution >= 0.6 is 11.8 Å². The number of anilines is 1. The minimum Gasteiger partial charge on any atom is -0.399 e. The van der Waals surface area contributed by atoms with Crippen molar-refractivity contribution in [2.24, 2.45) is 0 Å². The van der Waals surface area contributed by atoms with Crippen molar-refractivity contribution in [1.29, 1.82) is 0 Å². The van der Waals surface area contributed by atoms with Crippen LogP contribution in [0.1, 0.15) is 45.1 Å². The van der Waals surface area contributed by atoms with Crippen molar-refractivity contribution in [2.75, 3.05) is 17.4 Å². The van der Waals surface area contributed by atoms with Crippen LogP contribution in [0.2, 0.25) is 0 Å². The van der Waals surface area contributed by atoms with Crippen molar-refractivity contribution in [3.63, 3.8) is 0 Å². The Morgan fingerprint density at radius 2 is 1.78 bits per heavy atom. The molecular weight excluding hydrogens is 536 g/mol. The van der Waals surface area contributed by atoms with E-state index in [-0.39, 0.29) is 30.7 Å². The first-order chi connectivity index (χ1) is 19.7. The highest BCUT2D eigenvalue weighted by Crippen LogP contribution is 2.24. The van der Waals surface area contributed by atoms with E-state index < -0.39 is 24.1 Å². The summed E-state index contributed by atoms with van der Waals surface area (Å²) in [5, 5.41) is 17.2. The quantitative estimate of drug-likeness (QED) is 0.275. The molecular formula is C32H38N4O4S. The van der Waals surface area contributed by atoms with Crippen molar-refractivity contribution in [1.82, 2.24) is 15.5 Å². The molecule has 1 heterocycles. The van der Waals surface area contributed by atoms with Gasteiger partial charge in [0.05, 0.1) is 11.9 Å². The summed E-state index contributed by atoms with van der Waals surface area (Å²) in [6, 6.07) is 18.9. The second kappa shape index (κ2) is 13.7. The van der Waals surface area contributed by atoms with E-state index in [2.05, 4.69) is 10.6 Å². The van der Waals surface area contributed by atoms with Gasteiger partial charge in [-0.3, -0.25) is 14.4 Å². The van der Waals surface area contributed by atoms with Gasteiger partial charge >= 0.3 is 0 Å². The van der Waals surface area contributed by atoms with E-state index in [1.54, 1.807) is 6.07 Å². The fraction of sp³-hybridized carbons (Fsp3) is 0.344. The summed E-state index contributed by atoms with van der Waals surface area (Å²) in [6.45, 7) is 6.13. The number of nitrogens with two attached hydrogens (primary N) is 1. The van der Waals surface area contributed by atoms with Crippen LogP contribution in [0, 0.1) is 13.8 Å². The molecule has 0 unspecified atom stereocenters. The summed E-state index contributed by atoms with van der Waals surface area (Å²) in [4.78, 5) is 41.7. The van der Waals surface area contributed by atoms with E-state index in [0.29, 0.717) is 23.4 Å². The zero-order valence-corrected chi connectivity index (χ0v) is 24.5. The third-order valence-electron chi connectivity index (χ3n) is 7.67. The highest BCUT2D eigenvalue weighted by atomic mass is 32.2. The third-order valence-corrected chi connectivity index (χ3v) is 8.68. The van der Waals surface area contributed by atoms with Gasteiger partial charge in [-0.05, 0) is 66.6 Å². The number of rotatable bonds is 10. The van der Waals surface area contributed by atoms with Gasteiger partial charge in [0.2, 0.25) is 5.91 Å².